The first-order valence-electron chi connectivity index (χ1n) is 8.34. The molecule has 0 bridgehead atoms. The maximum atomic E-state index is 5.48. The van der Waals surface area contributed by atoms with Gasteiger partial charge in [-0.05, 0) is 30.9 Å². The Kier molecular flexibility index (Phi) is 3.74. The molecular formula is C17H25N3O. The molecule has 0 aromatic heterocycles. The molecule has 1 aromatic carbocycles. The van der Waals surface area contributed by atoms with Gasteiger partial charge in [-0.15, -0.1) is 0 Å². The van der Waals surface area contributed by atoms with Crippen LogP contribution in [0.25, 0.3) is 0 Å². The van der Waals surface area contributed by atoms with Gasteiger partial charge in [0.05, 0.1) is 24.6 Å². The Morgan fingerprint density at radius 2 is 2.05 bits per heavy atom. The number of rotatable bonds is 2. The van der Waals surface area contributed by atoms with E-state index in [0.717, 1.165) is 39.4 Å². The van der Waals surface area contributed by atoms with Gasteiger partial charge in [-0.25, -0.2) is 0 Å². The molecule has 0 aliphatic carbocycles. The van der Waals surface area contributed by atoms with E-state index in [1.165, 1.54) is 42.7 Å². The Labute approximate surface area is 127 Å². The number of benzene rings is 1. The minimum Gasteiger partial charge on any atom is -0.383 e. The highest BCUT2D eigenvalue weighted by Crippen LogP contribution is 2.35. The Morgan fingerprint density at radius 1 is 1.14 bits per heavy atom. The first-order chi connectivity index (χ1) is 10.4. The van der Waals surface area contributed by atoms with Gasteiger partial charge in [-0.2, -0.15) is 0 Å². The standard InChI is InChI=1S/C17H25N3O/c1-3-14-4-2-7-18-17(14)16(5-1)20-8-6-15(13-20)19-9-11-21-12-10-19/h1,3,5,15,18H,2,4,6-13H2. The first-order valence-corrected chi connectivity index (χ1v) is 8.34. The number of nitrogens with one attached hydrogen (secondary N) is 1. The normalized spacial score (nSPS) is 26.5. The topological polar surface area (TPSA) is 27.7 Å². The van der Waals surface area contributed by atoms with Crippen molar-refractivity contribution in [3.05, 3.63) is 23.8 Å². The summed E-state index contributed by atoms with van der Waals surface area (Å²) in [6, 6.07) is 7.50. The summed E-state index contributed by atoms with van der Waals surface area (Å²) in [5.41, 5.74) is 4.31. The van der Waals surface area contributed by atoms with Crippen LogP contribution in [-0.4, -0.2) is 56.9 Å². The van der Waals surface area contributed by atoms with E-state index in [9.17, 15) is 0 Å². The van der Waals surface area contributed by atoms with Gasteiger partial charge >= 0.3 is 0 Å². The summed E-state index contributed by atoms with van der Waals surface area (Å²) in [7, 11) is 0. The third-order valence-electron chi connectivity index (χ3n) is 5.12. The number of morpholine rings is 1. The van der Waals surface area contributed by atoms with Crippen molar-refractivity contribution in [1.82, 2.24) is 4.90 Å². The van der Waals surface area contributed by atoms with E-state index in [1.807, 2.05) is 0 Å². The molecule has 114 valence electrons. The molecule has 2 saturated heterocycles. The SMILES string of the molecule is c1cc2c(c(N3CCC(N4CCOCC4)C3)c1)NCCC2. The molecule has 4 heteroatoms. The van der Waals surface area contributed by atoms with Crippen molar-refractivity contribution >= 4 is 11.4 Å². The van der Waals surface area contributed by atoms with Crippen LogP contribution in [0.1, 0.15) is 18.4 Å². The highest BCUT2D eigenvalue weighted by atomic mass is 16.5. The van der Waals surface area contributed by atoms with Crippen LogP contribution in [0, 0.1) is 0 Å². The lowest BCUT2D eigenvalue weighted by molar-refractivity contribution is 0.0209. The van der Waals surface area contributed by atoms with E-state index in [2.05, 4.69) is 33.3 Å². The Balaban J connectivity index is 1.50. The van der Waals surface area contributed by atoms with Crippen molar-refractivity contribution in [2.75, 3.05) is 56.2 Å². The van der Waals surface area contributed by atoms with Crippen molar-refractivity contribution < 1.29 is 4.74 Å². The molecule has 1 unspecified atom stereocenters. The van der Waals surface area contributed by atoms with Gasteiger partial charge < -0.3 is 15.0 Å². The zero-order chi connectivity index (χ0) is 14.1. The molecule has 3 aliphatic heterocycles. The van der Waals surface area contributed by atoms with Crippen LogP contribution in [0.15, 0.2) is 18.2 Å². The van der Waals surface area contributed by atoms with Crippen molar-refractivity contribution in [1.29, 1.82) is 0 Å². The second-order valence-corrected chi connectivity index (χ2v) is 6.38. The number of para-hydroxylation sites is 1. The van der Waals surface area contributed by atoms with Crippen LogP contribution in [0.5, 0.6) is 0 Å². The Bertz CT molecular complexity index is 499. The van der Waals surface area contributed by atoms with Gasteiger partial charge in [-0.3, -0.25) is 4.90 Å². The van der Waals surface area contributed by atoms with Crippen LogP contribution >= 0.6 is 0 Å². The van der Waals surface area contributed by atoms with E-state index < -0.39 is 0 Å². The summed E-state index contributed by atoms with van der Waals surface area (Å²) in [6.07, 6.45) is 3.76. The highest BCUT2D eigenvalue weighted by molar-refractivity contribution is 5.75. The van der Waals surface area contributed by atoms with Gasteiger partial charge in [0.2, 0.25) is 0 Å². The van der Waals surface area contributed by atoms with Crippen LogP contribution in [0.2, 0.25) is 0 Å². The Morgan fingerprint density at radius 3 is 2.95 bits per heavy atom. The summed E-state index contributed by atoms with van der Waals surface area (Å²) in [5, 5.41) is 3.63. The summed E-state index contributed by atoms with van der Waals surface area (Å²) in [6.45, 7) is 7.47. The fraction of sp³-hybridized carbons (Fsp3) is 0.647. The van der Waals surface area contributed by atoms with E-state index >= 15 is 0 Å². The molecule has 4 rings (SSSR count). The number of anilines is 2. The second-order valence-electron chi connectivity index (χ2n) is 6.38. The number of aryl methyl sites for hydroxylation is 1. The smallest absolute Gasteiger partial charge is 0.0610 e. The molecule has 1 N–H and O–H groups in total. The molecule has 0 spiro atoms. The van der Waals surface area contributed by atoms with Crippen molar-refractivity contribution in [2.45, 2.75) is 25.3 Å². The predicted molar refractivity (Wildman–Crippen MR) is 86.3 cm³/mol. The maximum Gasteiger partial charge on any atom is 0.0610 e. The minimum atomic E-state index is 0.702. The largest absolute Gasteiger partial charge is 0.383 e. The van der Waals surface area contributed by atoms with E-state index in [0.29, 0.717) is 6.04 Å². The molecule has 2 fully saturated rings. The van der Waals surface area contributed by atoms with Crippen LogP contribution in [0.4, 0.5) is 11.4 Å². The van der Waals surface area contributed by atoms with E-state index in [-0.39, 0.29) is 0 Å². The summed E-state index contributed by atoms with van der Waals surface area (Å²) in [5.74, 6) is 0. The lowest BCUT2D eigenvalue weighted by atomic mass is 10.0. The van der Waals surface area contributed by atoms with Gasteiger partial charge in [0.25, 0.3) is 0 Å². The number of hydrogen-bond acceptors (Lipinski definition) is 4. The third-order valence-corrected chi connectivity index (χ3v) is 5.12. The quantitative estimate of drug-likeness (QED) is 0.900. The number of hydrogen-bond donors (Lipinski definition) is 1. The fourth-order valence-electron chi connectivity index (χ4n) is 3.96. The highest BCUT2D eigenvalue weighted by Gasteiger charge is 2.30. The molecule has 0 saturated carbocycles. The molecular weight excluding hydrogens is 262 g/mol. The van der Waals surface area contributed by atoms with Gasteiger partial charge in [0.15, 0.2) is 0 Å². The zero-order valence-electron chi connectivity index (χ0n) is 12.7. The van der Waals surface area contributed by atoms with Crippen molar-refractivity contribution in [2.24, 2.45) is 0 Å². The molecule has 0 amide bonds. The van der Waals surface area contributed by atoms with Gasteiger partial charge in [-0.1, -0.05) is 12.1 Å². The molecule has 4 nitrogen and oxygen atoms in total. The summed E-state index contributed by atoms with van der Waals surface area (Å²) >= 11 is 0. The lowest BCUT2D eigenvalue weighted by Crippen LogP contribution is -2.44. The minimum absolute atomic E-state index is 0.702. The van der Waals surface area contributed by atoms with Crippen LogP contribution in [-0.2, 0) is 11.2 Å². The summed E-state index contributed by atoms with van der Waals surface area (Å²) < 4.78 is 5.48. The maximum absolute atomic E-state index is 5.48. The molecule has 3 heterocycles. The van der Waals surface area contributed by atoms with Crippen molar-refractivity contribution in [3.63, 3.8) is 0 Å². The van der Waals surface area contributed by atoms with Gasteiger partial charge in [0, 0.05) is 38.8 Å². The second kappa shape index (κ2) is 5.85. The molecule has 1 atom stereocenters. The van der Waals surface area contributed by atoms with Crippen LogP contribution in [0.3, 0.4) is 0 Å². The van der Waals surface area contributed by atoms with E-state index in [4.69, 9.17) is 4.74 Å². The third kappa shape index (κ3) is 2.62. The fourth-order valence-corrected chi connectivity index (χ4v) is 3.96. The average molecular weight is 287 g/mol. The average Bonchev–Trinajstić information content (AvgIpc) is 3.05. The van der Waals surface area contributed by atoms with Crippen molar-refractivity contribution in [3.8, 4) is 0 Å². The zero-order valence-corrected chi connectivity index (χ0v) is 12.7. The van der Waals surface area contributed by atoms with Gasteiger partial charge in [0.1, 0.15) is 0 Å². The number of ether oxygens (including phenoxy) is 1. The number of nitrogens with zero attached hydrogens (tertiary/aromatic N) is 2. The monoisotopic (exact) mass is 287 g/mol. The number of fused-ring (bicyclic) bond motifs is 1. The molecule has 3 aliphatic rings. The Hall–Kier alpha value is -1.26. The van der Waals surface area contributed by atoms with Crippen LogP contribution < -0.4 is 10.2 Å². The molecule has 1 aromatic rings. The lowest BCUT2D eigenvalue weighted by Gasteiger charge is -2.33. The molecule has 0 radical (unpaired) electrons. The predicted octanol–water partition coefficient (Wildman–Crippen LogP) is 1.96. The van der Waals surface area contributed by atoms with E-state index in [1.54, 1.807) is 0 Å². The first kappa shape index (κ1) is 13.4. The summed E-state index contributed by atoms with van der Waals surface area (Å²) in [4.78, 5) is 5.20. The molecule has 21 heavy (non-hydrogen) atoms.